The summed E-state index contributed by atoms with van der Waals surface area (Å²) in [6.45, 7) is 1.49. The highest BCUT2D eigenvalue weighted by molar-refractivity contribution is 7.12. The maximum atomic E-state index is 13.7. The number of amides is 1. The fourth-order valence-corrected chi connectivity index (χ4v) is 3.67. The van der Waals surface area contributed by atoms with Gasteiger partial charge in [-0.1, -0.05) is 12.1 Å². The first kappa shape index (κ1) is 20.5. The molecule has 0 aliphatic rings. The summed E-state index contributed by atoms with van der Waals surface area (Å²) < 4.78 is 25.7. The summed E-state index contributed by atoms with van der Waals surface area (Å²) in [4.78, 5) is 17.0. The van der Waals surface area contributed by atoms with Gasteiger partial charge in [-0.15, -0.1) is 11.3 Å². The normalized spacial score (nSPS) is 10.7. The van der Waals surface area contributed by atoms with Gasteiger partial charge in [-0.2, -0.15) is 9.78 Å². The first-order chi connectivity index (χ1) is 15.0. The number of anilines is 1. The molecule has 4 rings (SSSR count). The number of carbonyl (C=O) groups excluding carboxylic acids is 1. The number of hydrogen-bond acceptors (Lipinski definition) is 6. The summed E-state index contributed by atoms with van der Waals surface area (Å²) in [6.07, 6.45) is 0. The van der Waals surface area contributed by atoms with Gasteiger partial charge in [-0.3, -0.25) is 4.79 Å². The highest BCUT2D eigenvalue weighted by Crippen LogP contribution is 2.27. The maximum Gasteiger partial charge on any atom is 0.263 e. The van der Waals surface area contributed by atoms with E-state index in [0.29, 0.717) is 16.6 Å². The number of nitrogens with zero attached hydrogens (tertiary/aromatic N) is 3. The van der Waals surface area contributed by atoms with Gasteiger partial charge in [0.2, 0.25) is 5.13 Å². The van der Waals surface area contributed by atoms with Crippen LogP contribution in [-0.2, 0) is 4.79 Å². The SMILES string of the molecule is COc1ccc(-c2csc(-n3nc(C)cc3NC(=O)COc3ccccc3F)n2)cc1. The highest BCUT2D eigenvalue weighted by atomic mass is 32.1. The van der Waals surface area contributed by atoms with Gasteiger partial charge in [0.25, 0.3) is 5.91 Å². The molecule has 0 aliphatic carbocycles. The van der Waals surface area contributed by atoms with Crippen LogP contribution in [0.1, 0.15) is 5.69 Å². The predicted octanol–water partition coefficient (Wildman–Crippen LogP) is 4.47. The van der Waals surface area contributed by atoms with E-state index in [-0.39, 0.29) is 12.4 Å². The Bertz CT molecular complexity index is 1200. The number of methoxy groups -OCH3 is 1. The average molecular weight is 438 g/mol. The molecule has 2 aromatic carbocycles. The molecule has 9 heteroatoms. The zero-order valence-electron chi connectivity index (χ0n) is 16.8. The van der Waals surface area contributed by atoms with Gasteiger partial charge in [0.1, 0.15) is 11.6 Å². The van der Waals surface area contributed by atoms with Crippen LogP contribution in [0.25, 0.3) is 16.4 Å². The average Bonchev–Trinajstić information content (AvgIpc) is 3.40. The maximum absolute atomic E-state index is 13.7. The van der Waals surface area contributed by atoms with Crippen molar-refractivity contribution >= 4 is 23.1 Å². The van der Waals surface area contributed by atoms with Crippen LogP contribution in [0, 0.1) is 12.7 Å². The van der Waals surface area contributed by atoms with Crippen LogP contribution < -0.4 is 14.8 Å². The second-order valence-corrected chi connectivity index (χ2v) is 7.43. The Morgan fingerprint density at radius 2 is 1.97 bits per heavy atom. The molecule has 1 amide bonds. The van der Waals surface area contributed by atoms with E-state index in [0.717, 1.165) is 17.0 Å². The molecule has 0 unspecified atom stereocenters. The Balaban J connectivity index is 1.49. The van der Waals surface area contributed by atoms with E-state index in [1.54, 1.807) is 30.0 Å². The number of hydrogen-bond donors (Lipinski definition) is 1. The minimum atomic E-state index is -0.523. The van der Waals surface area contributed by atoms with Crippen LogP contribution in [0.3, 0.4) is 0 Å². The van der Waals surface area contributed by atoms with Gasteiger partial charge in [-0.05, 0) is 43.3 Å². The van der Waals surface area contributed by atoms with Crippen molar-refractivity contribution < 1.29 is 18.7 Å². The summed E-state index contributed by atoms with van der Waals surface area (Å²) in [6, 6.07) is 15.2. The van der Waals surface area contributed by atoms with Gasteiger partial charge in [0, 0.05) is 17.0 Å². The van der Waals surface area contributed by atoms with Crippen molar-refractivity contribution in [1.29, 1.82) is 0 Å². The second kappa shape index (κ2) is 8.97. The fourth-order valence-electron chi connectivity index (χ4n) is 2.87. The lowest BCUT2D eigenvalue weighted by Crippen LogP contribution is -2.22. The number of thiazole rings is 1. The van der Waals surface area contributed by atoms with Crippen LogP contribution in [0.2, 0.25) is 0 Å². The van der Waals surface area contributed by atoms with Crippen molar-refractivity contribution in [2.24, 2.45) is 0 Å². The van der Waals surface area contributed by atoms with Crippen molar-refractivity contribution in [3.8, 4) is 27.9 Å². The second-order valence-electron chi connectivity index (χ2n) is 6.59. The summed E-state index contributed by atoms with van der Waals surface area (Å²) in [5.74, 6) is 0.285. The number of aromatic nitrogens is 3. The van der Waals surface area contributed by atoms with E-state index >= 15 is 0 Å². The van der Waals surface area contributed by atoms with Crippen molar-refractivity contribution in [2.45, 2.75) is 6.92 Å². The van der Waals surface area contributed by atoms with Gasteiger partial charge < -0.3 is 14.8 Å². The molecule has 0 saturated heterocycles. The summed E-state index contributed by atoms with van der Waals surface area (Å²) in [5, 5.41) is 9.70. The van der Waals surface area contributed by atoms with Crippen LogP contribution in [0.15, 0.2) is 60.0 Å². The van der Waals surface area contributed by atoms with Crippen molar-refractivity contribution in [3.63, 3.8) is 0 Å². The first-order valence-corrected chi connectivity index (χ1v) is 10.3. The third kappa shape index (κ3) is 4.72. The molecule has 0 spiro atoms. The molecule has 2 heterocycles. The molecule has 2 aromatic heterocycles. The molecular weight excluding hydrogens is 419 g/mol. The highest BCUT2D eigenvalue weighted by Gasteiger charge is 2.15. The zero-order chi connectivity index (χ0) is 21.8. The van der Waals surface area contributed by atoms with Gasteiger partial charge in [0.05, 0.1) is 18.5 Å². The zero-order valence-corrected chi connectivity index (χ0v) is 17.6. The third-order valence-electron chi connectivity index (χ3n) is 4.35. The number of aryl methyl sites for hydroxylation is 1. The van der Waals surface area contributed by atoms with E-state index in [4.69, 9.17) is 9.47 Å². The standard InChI is InChI=1S/C22H19FN4O3S/c1-14-11-20(25-21(28)12-30-19-6-4-3-5-17(19)23)27(26-14)22-24-18(13-31-22)15-7-9-16(29-2)10-8-15/h3-11,13H,12H2,1-2H3,(H,25,28). The Kier molecular flexibility index (Phi) is 5.94. The van der Waals surface area contributed by atoms with Gasteiger partial charge in [0.15, 0.2) is 18.2 Å². The smallest absolute Gasteiger partial charge is 0.263 e. The molecule has 0 atom stereocenters. The van der Waals surface area contributed by atoms with Crippen LogP contribution in [-0.4, -0.2) is 34.4 Å². The van der Waals surface area contributed by atoms with E-state index in [2.05, 4.69) is 15.4 Å². The summed E-state index contributed by atoms with van der Waals surface area (Å²) >= 11 is 1.40. The van der Waals surface area contributed by atoms with Crippen molar-refractivity contribution in [2.75, 3.05) is 19.0 Å². The van der Waals surface area contributed by atoms with Crippen LogP contribution in [0.4, 0.5) is 10.2 Å². The fraction of sp³-hybridized carbons (Fsp3) is 0.136. The van der Waals surface area contributed by atoms with Crippen LogP contribution >= 0.6 is 11.3 Å². The van der Waals surface area contributed by atoms with Crippen molar-refractivity contribution in [1.82, 2.24) is 14.8 Å². The topological polar surface area (TPSA) is 78.3 Å². The molecule has 7 nitrogen and oxygen atoms in total. The lowest BCUT2D eigenvalue weighted by atomic mass is 10.2. The summed E-state index contributed by atoms with van der Waals surface area (Å²) in [5.41, 5.74) is 2.44. The Labute approximate surface area is 182 Å². The van der Waals surface area contributed by atoms with Gasteiger partial charge in [-0.25, -0.2) is 9.37 Å². The van der Waals surface area contributed by atoms with Crippen molar-refractivity contribution in [3.05, 3.63) is 71.5 Å². The number of ether oxygens (including phenoxy) is 2. The number of halogens is 1. The molecule has 0 saturated carbocycles. The number of para-hydroxylation sites is 1. The molecule has 1 N–H and O–H groups in total. The minimum Gasteiger partial charge on any atom is -0.497 e. The van der Waals surface area contributed by atoms with Gasteiger partial charge >= 0.3 is 0 Å². The molecule has 4 aromatic rings. The molecule has 158 valence electrons. The largest absolute Gasteiger partial charge is 0.497 e. The molecular formula is C22H19FN4O3S. The molecule has 0 bridgehead atoms. The monoisotopic (exact) mass is 438 g/mol. The summed E-state index contributed by atoms with van der Waals surface area (Å²) in [7, 11) is 1.62. The number of benzene rings is 2. The molecule has 0 aliphatic heterocycles. The minimum absolute atomic E-state index is 0.0198. The predicted molar refractivity (Wildman–Crippen MR) is 116 cm³/mol. The lowest BCUT2D eigenvalue weighted by Gasteiger charge is -2.08. The Morgan fingerprint density at radius 1 is 1.19 bits per heavy atom. The number of nitrogens with one attached hydrogen (secondary N) is 1. The lowest BCUT2D eigenvalue weighted by molar-refractivity contribution is -0.118. The quantitative estimate of drug-likeness (QED) is 0.461. The van der Waals surface area contributed by atoms with E-state index in [1.165, 1.54) is 23.5 Å². The molecule has 0 radical (unpaired) electrons. The Morgan fingerprint density at radius 3 is 2.71 bits per heavy atom. The Hall–Kier alpha value is -3.72. The number of rotatable bonds is 7. The van der Waals surface area contributed by atoms with E-state index < -0.39 is 11.7 Å². The van der Waals surface area contributed by atoms with E-state index in [1.807, 2.05) is 36.6 Å². The first-order valence-electron chi connectivity index (χ1n) is 9.37. The molecule has 31 heavy (non-hydrogen) atoms. The number of carbonyl (C=O) groups is 1. The van der Waals surface area contributed by atoms with Crippen LogP contribution in [0.5, 0.6) is 11.5 Å². The third-order valence-corrected chi connectivity index (χ3v) is 5.17. The molecule has 0 fully saturated rings. The van der Waals surface area contributed by atoms with E-state index in [9.17, 15) is 9.18 Å².